The Morgan fingerprint density at radius 1 is 0.596 bits per heavy atom. The zero-order valence-electron chi connectivity index (χ0n) is 25.9. The number of allylic oxidation sites excluding steroid dienone is 1. The van der Waals surface area contributed by atoms with Gasteiger partial charge >= 0.3 is 0 Å². The Morgan fingerprint density at radius 3 is 2.00 bits per heavy atom. The fraction of sp³-hybridized carbons (Fsp3) is 0.0227. The van der Waals surface area contributed by atoms with Gasteiger partial charge in [-0.1, -0.05) is 104 Å². The Morgan fingerprint density at radius 2 is 1.23 bits per heavy atom. The van der Waals surface area contributed by atoms with Crippen LogP contribution in [0.15, 0.2) is 151 Å². The van der Waals surface area contributed by atoms with E-state index in [9.17, 15) is 4.79 Å². The number of rotatable bonds is 5. The highest BCUT2D eigenvalue weighted by molar-refractivity contribution is 6.17. The number of aromatic nitrogens is 2. The van der Waals surface area contributed by atoms with E-state index >= 15 is 0 Å². The van der Waals surface area contributed by atoms with Crippen molar-refractivity contribution in [3.8, 4) is 16.8 Å². The minimum atomic E-state index is -0.0217. The summed E-state index contributed by atoms with van der Waals surface area (Å²) in [4.78, 5) is 14.1. The van der Waals surface area contributed by atoms with Gasteiger partial charge in [-0.3, -0.25) is 9.20 Å². The lowest BCUT2D eigenvalue weighted by molar-refractivity contribution is 1.13. The van der Waals surface area contributed by atoms with Crippen LogP contribution < -0.4 is 5.56 Å². The van der Waals surface area contributed by atoms with E-state index in [0.29, 0.717) is 5.39 Å². The first-order valence-corrected chi connectivity index (χ1v) is 15.9. The number of hydrogen-bond donors (Lipinski definition) is 0. The van der Waals surface area contributed by atoms with Gasteiger partial charge in [0.05, 0.1) is 22.2 Å². The maximum atomic E-state index is 14.1. The van der Waals surface area contributed by atoms with Crippen molar-refractivity contribution in [2.75, 3.05) is 0 Å². The van der Waals surface area contributed by atoms with Gasteiger partial charge in [0.1, 0.15) is 0 Å². The van der Waals surface area contributed by atoms with E-state index in [2.05, 4.69) is 139 Å². The van der Waals surface area contributed by atoms with Gasteiger partial charge in [-0.25, -0.2) is 0 Å². The molecule has 0 bridgehead atoms. The predicted molar refractivity (Wildman–Crippen MR) is 200 cm³/mol. The van der Waals surface area contributed by atoms with Gasteiger partial charge in [-0.05, 0) is 89.2 Å². The molecule has 0 fully saturated rings. The zero-order valence-corrected chi connectivity index (χ0v) is 25.9. The van der Waals surface area contributed by atoms with Crippen LogP contribution in [-0.4, -0.2) is 8.97 Å². The molecule has 0 N–H and O–H groups in total. The van der Waals surface area contributed by atoms with Crippen LogP contribution in [0.1, 0.15) is 23.7 Å². The minimum Gasteiger partial charge on any atom is -0.309 e. The van der Waals surface area contributed by atoms with E-state index in [4.69, 9.17) is 0 Å². The molecule has 0 atom stereocenters. The van der Waals surface area contributed by atoms with E-state index in [-0.39, 0.29) is 5.56 Å². The van der Waals surface area contributed by atoms with Crippen molar-refractivity contribution in [3.05, 3.63) is 173 Å². The molecule has 3 aromatic heterocycles. The normalized spacial score (nSPS) is 12.2. The second-order valence-electron chi connectivity index (χ2n) is 12.2. The Bertz CT molecular complexity index is 2760. The molecule has 0 saturated heterocycles. The van der Waals surface area contributed by atoms with E-state index in [0.717, 1.165) is 66.4 Å². The highest BCUT2D eigenvalue weighted by Gasteiger charge is 2.21. The SMILES string of the molecule is C=Cc1c(/C=C(\C)c2ccc3c4ccccc4n(-c4ccccc4)c3c2)c2cc(-c3ccccc3)cc3c4ccccc4c(=O)n1c23. The molecule has 0 aliphatic carbocycles. The third-order valence-corrected chi connectivity index (χ3v) is 9.60. The van der Waals surface area contributed by atoms with E-state index in [1.54, 1.807) is 0 Å². The summed E-state index contributed by atoms with van der Waals surface area (Å²) >= 11 is 0. The summed E-state index contributed by atoms with van der Waals surface area (Å²) in [6.07, 6.45) is 4.06. The molecule has 47 heavy (non-hydrogen) atoms. The van der Waals surface area contributed by atoms with E-state index < -0.39 is 0 Å². The summed E-state index contributed by atoms with van der Waals surface area (Å²) in [5.41, 5.74) is 10.7. The minimum absolute atomic E-state index is 0.0217. The van der Waals surface area contributed by atoms with Crippen LogP contribution in [0, 0.1) is 0 Å². The Balaban J connectivity index is 1.33. The van der Waals surface area contributed by atoms with Crippen LogP contribution in [0.2, 0.25) is 0 Å². The standard InChI is InChI=1S/C44H30N2O/c1-3-40-37(24-28(2)30-22-23-35-34-19-12-13-21-41(34)45(42(35)27-30)32-16-8-5-9-17-32)39-26-31(29-14-6-4-7-15-29)25-38-33-18-10-11-20-36(33)44(47)46(40)43(38)39/h3-27H,1H2,2H3/b28-24+. The highest BCUT2D eigenvalue weighted by Crippen LogP contribution is 2.39. The van der Waals surface area contributed by atoms with Crippen LogP contribution in [0.5, 0.6) is 0 Å². The predicted octanol–water partition coefficient (Wildman–Crippen LogP) is 11.0. The van der Waals surface area contributed by atoms with Crippen LogP contribution in [-0.2, 0) is 0 Å². The summed E-state index contributed by atoms with van der Waals surface area (Å²) < 4.78 is 4.21. The molecule has 9 rings (SSSR count). The van der Waals surface area contributed by atoms with Crippen LogP contribution in [0.3, 0.4) is 0 Å². The summed E-state index contributed by atoms with van der Waals surface area (Å²) in [5, 5.41) is 6.22. The average Bonchev–Trinajstić information content (AvgIpc) is 3.63. The Kier molecular flexibility index (Phi) is 6.03. The van der Waals surface area contributed by atoms with Crippen molar-refractivity contribution in [2.24, 2.45) is 0 Å². The van der Waals surface area contributed by atoms with Crippen LogP contribution >= 0.6 is 0 Å². The van der Waals surface area contributed by atoms with Crippen LogP contribution in [0.25, 0.3) is 83.4 Å². The summed E-state index contributed by atoms with van der Waals surface area (Å²) in [6, 6.07) is 48.7. The molecule has 0 amide bonds. The first-order chi connectivity index (χ1) is 23.1. The van der Waals surface area contributed by atoms with Crippen molar-refractivity contribution in [3.63, 3.8) is 0 Å². The molecule has 9 aromatic rings. The molecule has 0 radical (unpaired) electrons. The maximum absolute atomic E-state index is 14.1. The van der Waals surface area contributed by atoms with Gasteiger partial charge in [0.25, 0.3) is 5.56 Å². The van der Waals surface area contributed by atoms with Gasteiger partial charge in [0.2, 0.25) is 0 Å². The first kappa shape index (κ1) is 27.1. The molecule has 0 saturated carbocycles. The molecular formula is C44H30N2O. The lowest BCUT2D eigenvalue weighted by Gasteiger charge is -2.10. The second kappa shape index (κ2) is 10.4. The summed E-state index contributed by atoms with van der Waals surface area (Å²) in [6.45, 7) is 6.36. The fourth-order valence-electron chi connectivity index (χ4n) is 7.42. The second-order valence-corrected chi connectivity index (χ2v) is 12.2. The van der Waals surface area contributed by atoms with Crippen molar-refractivity contribution in [1.82, 2.24) is 8.97 Å². The third kappa shape index (κ3) is 4.03. The van der Waals surface area contributed by atoms with Crippen molar-refractivity contribution in [1.29, 1.82) is 0 Å². The lowest BCUT2D eigenvalue weighted by Crippen LogP contribution is -2.14. The molecular weight excluding hydrogens is 572 g/mol. The quantitative estimate of drug-likeness (QED) is 0.180. The number of fused-ring (bicyclic) bond motifs is 5. The summed E-state index contributed by atoms with van der Waals surface area (Å²) in [5.74, 6) is 0. The van der Waals surface area contributed by atoms with E-state index in [1.807, 2.05) is 34.7 Å². The molecule has 0 spiro atoms. The highest BCUT2D eigenvalue weighted by atomic mass is 16.1. The zero-order chi connectivity index (χ0) is 31.6. The number of para-hydroxylation sites is 2. The third-order valence-electron chi connectivity index (χ3n) is 9.60. The number of pyridine rings is 1. The Hall–Kier alpha value is -6.19. The number of hydrogen-bond acceptors (Lipinski definition) is 1. The molecule has 0 aliphatic heterocycles. The largest absolute Gasteiger partial charge is 0.309 e. The van der Waals surface area contributed by atoms with Crippen molar-refractivity contribution in [2.45, 2.75) is 6.92 Å². The van der Waals surface area contributed by atoms with E-state index in [1.165, 1.54) is 16.3 Å². The molecule has 0 unspecified atom stereocenters. The van der Waals surface area contributed by atoms with Gasteiger partial charge < -0.3 is 4.57 Å². The summed E-state index contributed by atoms with van der Waals surface area (Å²) in [7, 11) is 0. The molecule has 0 aliphatic rings. The molecule has 3 nitrogen and oxygen atoms in total. The van der Waals surface area contributed by atoms with Crippen molar-refractivity contribution < 1.29 is 0 Å². The lowest BCUT2D eigenvalue weighted by atomic mass is 9.96. The monoisotopic (exact) mass is 602 g/mol. The molecule has 6 aromatic carbocycles. The molecule has 3 heterocycles. The topological polar surface area (TPSA) is 26.4 Å². The smallest absolute Gasteiger partial charge is 0.263 e. The van der Waals surface area contributed by atoms with Gasteiger partial charge in [-0.15, -0.1) is 0 Å². The van der Waals surface area contributed by atoms with Gasteiger partial charge in [-0.2, -0.15) is 0 Å². The van der Waals surface area contributed by atoms with Gasteiger partial charge in [0.15, 0.2) is 0 Å². The molecule has 222 valence electrons. The van der Waals surface area contributed by atoms with Crippen LogP contribution in [0.4, 0.5) is 0 Å². The fourth-order valence-corrected chi connectivity index (χ4v) is 7.42. The number of nitrogens with zero attached hydrogens (tertiary/aromatic N) is 2. The first-order valence-electron chi connectivity index (χ1n) is 15.9. The Labute approximate surface area is 271 Å². The van der Waals surface area contributed by atoms with Crippen molar-refractivity contribution >= 4 is 66.6 Å². The average molecular weight is 603 g/mol. The van der Waals surface area contributed by atoms with Gasteiger partial charge in [0, 0.05) is 38.2 Å². The molecule has 3 heteroatoms. The maximum Gasteiger partial charge on any atom is 0.263 e. The number of benzene rings is 6.